The topological polar surface area (TPSA) is 3.24 Å². The summed E-state index contributed by atoms with van der Waals surface area (Å²) in [4.78, 5) is 2.60. The van der Waals surface area contributed by atoms with Gasteiger partial charge in [-0.1, -0.05) is 12.8 Å². The summed E-state index contributed by atoms with van der Waals surface area (Å²) in [6.07, 6.45) is 7.38. The highest BCUT2D eigenvalue weighted by atomic mass is 15.2. The van der Waals surface area contributed by atoms with E-state index in [1.807, 2.05) is 0 Å². The Balaban J connectivity index is 2.05. The lowest BCUT2D eigenvalue weighted by atomic mass is 9.85. The van der Waals surface area contributed by atoms with E-state index in [0.29, 0.717) is 0 Å². The molecule has 2 aliphatic rings. The van der Waals surface area contributed by atoms with Crippen LogP contribution >= 0.6 is 0 Å². The van der Waals surface area contributed by atoms with Crippen LogP contribution in [-0.4, -0.2) is 24.0 Å². The maximum absolute atomic E-state index is 2.60. The van der Waals surface area contributed by atoms with E-state index in [1.165, 1.54) is 32.1 Å². The highest BCUT2D eigenvalue weighted by Gasteiger charge is 2.37. The molecule has 0 N–H and O–H groups in total. The number of rotatable bonds is 0. The molecule has 0 radical (unpaired) electrons. The van der Waals surface area contributed by atoms with Crippen molar-refractivity contribution in [3.63, 3.8) is 0 Å². The van der Waals surface area contributed by atoms with Crippen LogP contribution in [0.25, 0.3) is 0 Å². The van der Waals surface area contributed by atoms with Crippen molar-refractivity contribution in [1.82, 2.24) is 4.90 Å². The van der Waals surface area contributed by atoms with Crippen LogP contribution in [0.4, 0.5) is 0 Å². The lowest BCUT2D eigenvalue weighted by molar-refractivity contribution is 0.192. The summed E-state index contributed by atoms with van der Waals surface area (Å²) >= 11 is 0. The first-order valence-electron chi connectivity index (χ1n) is 5.01. The minimum absolute atomic E-state index is 0.850. The molecule has 64 valence electrons. The highest BCUT2D eigenvalue weighted by molar-refractivity contribution is 4.92. The molecule has 1 heterocycles. The third-order valence-corrected chi connectivity index (χ3v) is 3.73. The minimum Gasteiger partial charge on any atom is -0.300 e. The lowest BCUT2D eigenvalue weighted by Crippen LogP contribution is -2.34. The molecule has 2 rings (SSSR count). The zero-order chi connectivity index (χ0) is 7.84. The van der Waals surface area contributed by atoms with Crippen LogP contribution in [-0.2, 0) is 0 Å². The van der Waals surface area contributed by atoms with Crippen molar-refractivity contribution in [3.8, 4) is 0 Å². The Morgan fingerprint density at radius 1 is 1.18 bits per heavy atom. The Kier molecular flexibility index (Phi) is 1.92. The smallest absolute Gasteiger partial charge is 0.0124 e. The van der Waals surface area contributed by atoms with Crippen molar-refractivity contribution >= 4 is 0 Å². The van der Waals surface area contributed by atoms with Crippen LogP contribution in [0, 0.1) is 5.92 Å². The van der Waals surface area contributed by atoms with Crippen LogP contribution in [0.1, 0.15) is 39.0 Å². The fourth-order valence-corrected chi connectivity index (χ4v) is 2.93. The SMILES string of the molecule is C[C@H]1C[C@H]2CCCC[C@H]2N1C. The number of likely N-dealkylation sites (tertiary alicyclic amines) is 1. The summed E-state index contributed by atoms with van der Waals surface area (Å²) in [5, 5.41) is 0. The van der Waals surface area contributed by atoms with Crippen LogP contribution < -0.4 is 0 Å². The largest absolute Gasteiger partial charge is 0.300 e. The van der Waals surface area contributed by atoms with E-state index in [4.69, 9.17) is 0 Å². The molecule has 2 fully saturated rings. The van der Waals surface area contributed by atoms with E-state index in [-0.39, 0.29) is 0 Å². The van der Waals surface area contributed by atoms with E-state index in [2.05, 4.69) is 18.9 Å². The second-order valence-electron chi connectivity index (χ2n) is 4.36. The molecule has 1 saturated carbocycles. The van der Waals surface area contributed by atoms with E-state index < -0.39 is 0 Å². The number of fused-ring (bicyclic) bond motifs is 1. The molecule has 3 atom stereocenters. The predicted octanol–water partition coefficient (Wildman–Crippen LogP) is 2.27. The third-order valence-electron chi connectivity index (χ3n) is 3.73. The summed E-state index contributed by atoms with van der Waals surface area (Å²) in [5.74, 6) is 1.05. The molecule has 1 aliphatic carbocycles. The van der Waals surface area contributed by atoms with Crippen molar-refractivity contribution in [1.29, 1.82) is 0 Å². The average Bonchev–Trinajstić information content (AvgIpc) is 2.30. The quantitative estimate of drug-likeness (QED) is 0.516. The zero-order valence-corrected chi connectivity index (χ0v) is 7.71. The highest BCUT2D eigenvalue weighted by Crippen LogP contribution is 2.38. The second-order valence-corrected chi connectivity index (χ2v) is 4.36. The summed E-state index contributed by atoms with van der Waals surface area (Å²) in [6.45, 7) is 2.37. The van der Waals surface area contributed by atoms with Crippen LogP contribution in [0.2, 0.25) is 0 Å². The number of hydrogen-bond donors (Lipinski definition) is 0. The normalized spacial score (nSPS) is 45.8. The van der Waals surface area contributed by atoms with Gasteiger partial charge in [0.2, 0.25) is 0 Å². The van der Waals surface area contributed by atoms with Gasteiger partial charge in [0.15, 0.2) is 0 Å². The molecule has 11 heavy (non-hydrogen) atoms. The first-order chi connectivity index (χ1) is 5.29. The Morgan fingerprint density at radius 2 is 1.91 bits per heavy atom. The zero-order valence-electron chi connectivity index (χ0n) is 7.71. The maximum atomic E-state index is 2.60. The van der Waals surface area contributed by atoms with Gasteiger partial charge in [0.05, 0.1) is 0 Å². The summed E-state index contributed by atoms with van der Waals surface area (Å²) in [5.41, 5.74) is 0. The van der Waals surface area contributed by atoms with Crippen molar-refractivity contribution in [2.24, 2.45) is 5.92 Å². The maximum Gasteiger partial charge on any atom is 0.0124 e. The van der Waals surface area contributed by atoms with Gasteiger partial charge >= 0.3 is 0 Å². The molecule has 1 heteroatoms. The Morgan fingerprint density at radius 3 is 2.64 bits per heavy atom. The monoisotopic (exact) mass is 153 g/mol. The summed E-state index contributed by atoms with van der Waals surface area (Å²) in [6, 6.07) is 1.79. The molecule has 0 aromatic rings. The van der Waals surface area contributed by atoms with Crippen molar-refractivity contribution < 1.29 is 0 Å². The molecular weight excluding hydrogens is 134 g/mol. The molecule has 1 saturated heterocycles. The van der Waals surface area contributed by atoms with Crippen molar-refractivity contribution in [2.75, 3.05) is 7.05 Å². The molecule has 1 aliphatic heterocycles. The number of nitrogens with zero attached hydrogens (tertiary/aromatic N) is 1. The third kappa shape index (κ3) is 1.20. The lowest BCUT2D eigenvalue weighted by Gasteiger charge is -2.30. The molecule has 0 spiro atoms. The van der Waals surface area contributed by atoms with Gasteiger partial charge in [-0.2, -0.15) is 0 Å². The molecule has 0 bridgehead atoms. The molecule has 0 aromatic heterocycles. The average molecular weight is 153 g/mol. The van der Waals surface area contributed by atoms with Crippen molar-refractivity contribution in [2.45, 2.75) is 51.1 Å². The van der Waals surface area contributed by atoms with Crippen LogP contribution in [0.3, 0.4) is 0 Å². The predicted molar refractivity (Wildman–Crippen MR) is 47.6 cm³/mol. The first kappa shape index (κ1) is 7.60. The van der Waals surface area contributed by atoms with Gasteiger partial charge in [-0.25, -0.2) is 0 Å². The van der Waals surface area contributed by atoms with Crippen LogP contribution in [0.15, 0.2) is 0 Å². The van der Waals surface area contributed by atoms with E-state index in [9.17, 15) is 0 Å². The van der Waals surface area contributed by atoms with E-state index in [1.54, 1.807) is 0 Å². The Bertz CT molecular complexity index is 144. The molecule has 0 unspecified atom stereocenters. The summed E-state index contributed by atoms with van der Waals surface area (Å²) < 4.78 is 0. The van der Waals surface area contributed by atoms with Gasteiger partial charge in [-0.05, 0) is 39.2 Å². The van der Waals surface area contributed by atoms with Gasteiger partial charge < -0.3 is 4.90 Å². The van der Waals surface area contributed by atoms with Gasteiger partial charge in [0.1, 0.15) is 0 Å². The molecule has 0 amide bonds. The van der Waals surface area contributed by atoms with Gasteiger partial charge in [0, 0.05) is 12.1 Å². The minimum atomic E-state index is 0.850. The van der Waals surface area contributed by atoms with Gasteiger partial charge in [-0.3, -0.25) is 0 Å². The van der Waals surface area contributed by atoms with E-state index in [0.717, 1.165) is 18.0 Å². The van der Waals surface area contributed by atoms with Gasteiger partial charge in [0.25, 0.3) is 0 Å². The number of hydrogen-bond acceptors (Lipinski definition) is 1. The standard InChI is InChI=1S/C10H19N/c1-8-7-9-5-3-4-6-10(9)11(8)2/h8-10H,3-7H2,1-2H3/t8-,9+,10+/m0/s1. The van der Waals surface area contributed by atoms with Gasteiger partial charge in [-0.15, -0.1) is 0 Å². The fourth-order valence-electron chi connectivity index (χ4n) is 2.93. The first-order valence-corrected chi connectivity index (χ1v) is 5.01. The molecule has 0 aromatic carbocycles. The Hall–Kier alpha value is -0.0400. The molecular formula is C10H19N. The Labute approximate surface area is 69.8 Å². The fraction of sp³-hybridized carbons (Fsp3) is 1.00. The van der Waals surface area contributed by atoms with Crippen molar-refractivity contribution in [3.05, 3.63) is 0 Å². The molecule has 1 nitrogen and oxygen atoms in total. The van der Waals surface area contributed by atoms with Crippen LogP contribution in [0.5, 0.6) is 0 Å². The van der Waals surface area contributed by atoms with E-state index >= 15 is 0 Å². The second kappa shape index (κ2) is 2.78. The summed E-state index contributed by atoms with van der Waals surface area (Å²) in [7, 11) is 2.31.